The summed E-state index contributed by atoms with van der Waals surface area (Å²) in [6.45, 7) is 0. The Labute approximate surface area is 167 Å². The lowest BCUT2D eigenvalue weighted by Gasteiger charge is -2.12. The van der Waals surface area contributed by atoms with Gasteiger partial charge in [0.15, 0.2) is 5.65 Å². The third-order valence-corrected chi connectivity index (χ3v) is 5.15. The highest BCUT2D eigenvalue weighted by Gasteiger charge is 2.19. The van der Waals surface area contributed by atoms with E-state index in [4.69, 9.17) is 16.0 Å². The molecule has 0 radical (unpaired) electrons. The second kappa shape index (κ2) is 5.83. The Morgan fingerprint density at radius 1 is 0.897 bits per heavy atom. The molecule has 0 N–H and O–H groups in total. The standard InChI is InChI=1S/C21H10ClN5O2/c22-21-24-9-13-18(26-21)12-8-23-10-25-19(12)27(20(13)28)14-5-3-7-16-17(14)11-4-1-2-6-15(11)29-16/h1-10H. The van der Waals surface area contributed by atoms with Crippen molar-refractivity contribution in [2.45, 2.75) is 0 Å². The van der Waals surface area contributed by atoms with Gasteiger partial charge < -0.3 is 4.42 Å². The second-order valence-corrected chi connectivity index (χ2v) is 6.89. The van der Waals surface area contributed by atoms with Crippen LogP contribution >= 0.6 is 11.6 Å². The number of para-hydroxylation sites is 1. The van der Waals surface area contributed by atoms with Crippen molar-refractivity contribution in [1.82, 2.24) is 24.5 Å². The van der Waals surface area contributed by atoms with E-state index in [1.165, 1.54) is 12.5 Å². The molecule has 0 aliphatic carbocycles. The number of pyridine rings is 1. The summed E-state index contributed by atoms with van der Waals surface area (Å²) in [7, 11) is 0. The summed E-state index contributed by atoms with van der Waals surface area (Å²) in [6.07, 6.45) is 4.46. The molecule has 0 aliphatic rings. The van der Waals surface area contributed by atoms with Crippen molar-refractivity contribution in [3.05, 3.63) is 76.8 Å². The van der Waals surface area contributed by atoms with E-state index in [1.54, 1.807) is 10.8 Å². The molecule has 0 saturated carbocycles. The molecule has 7 nitrogen and oxygen atoms in total. The summed E-state index contributed by atoms with van der Waals surface area (Å²) in [5.74, 6) is 0. The molecule has 29 heavy (non-hydrogen) atoms. The first kappa shape index (κ1) is 16.1. The minimum atomic E-state index is -0.291. The topological polar surface area (TPSA) is 86.7 Å². The van der Waals surface area contributed by atoms with Gasteiger partial charge in [0.2, 0.25) is 5.28 Å². The first-order chi connectivity index (χ1) is 14.2. The summed E-state index contributed by atoms with van der Waals surface area (Å²) in [6, 6.07) is 13.3. The van der Waals surface area contributed by atoms with Crippen LogP contribution in [0.2, 0.25) is 5.28 Å². The molecule has 0 atom stereocenters. The molecule has 6 rings (SSSR count). The quantitative estimate of drug-likeness (QED) is 0.303. The van der Waals surface area contributed by atoms with Gasteiger partial charge in [0, 0.05) is 17.8 Å². The van der Waals surface area contributed by atoms with Crippen molar-refractivity contribution in [2.24, 2.45) is 0 Å². The molecule has 0 unspecified atom stereocenters. The number of benzene rings is 2. The maximum atomic E-state index is 13.5. The number of hydrogen-bond acceptors (Lipinski definition) is 6. The van der Waals surface area contributed by atoms with Crippen LogP contribution in [0.25, 0.3) is 49.6 Å². The Morgan fingerprint density at radius 2 is 1.76 bits per heavy atom. The molecule has 4 heterocycles. The fraction of sp³-hybridized carbons (Fsp3) is 0. The van der Waals surface area contributed by atoms with Crippen molar-refractivity contribution < 1.29 is 4.42 Å². The molecular weight excluding hydrogens is 390 g/mol. The third kappa shape index (κ3) is 2.22. The number of furan rings is 1. The number of aromatic nitrogens is 5. The van der Waals surface area contributed by atoms with Gasteiger partial charge in [-0.3, -0.25) is 9.36 Å². The predicted molar refractivity (Wildman–Crippen MR) is 111 cm³/mol. The van der Waals surface area contributed by atoms with E-state index in [0.717, 1.165) is 16.4 Å². The zero-order valence-corrected chi connectivity index (χ0v) is 15.5. The van der Waals surface area contributed by atoms with Crippen molar-refractivity contribution in [1.29, 1.82) is 0 Å². The summed E-state index contributed by atoms with van der Waals surface area (Å²) < 4.78 is 7.54. The van der Waals surface area contributed by atoms with Gasteiger partial charge in [-0.2, -0.15) is 0 Å². The Balaban J connectivity index is 1.87. The second-order valence-electron chi connectivity index (χ2n) is 6.55. The zero-order chi connectivity index (χ0) is 19.5. The highest BCUT2D eigenvalue weighted by atomic mass is 35.5. The molecular formula is C21H10ClN5O2. The molecule has 0 saturated heterocycles. The monoisotopic (exact) mass is 399 g/mol. The molecule has 0 bridgehead atoms. The zero-order valence-electron chi connectivity index (χ0n) is 14.7. The van der Waals surface area contributed by atoms with E-state index in [1.807, 2.05) is 42.5 Å². The van der Waals surface area contributed by atoms with Gasteiger partial charge in [0.05, 0.1) is 27.4 Å². The van der Waals surface area contributed by atoms with E-state index >= 15 is 0 Å². The van der Waals surface area contributed by atoms with Gasteiger partial charge in [-0.25, -0.2) is 19.9 Å². The molecule has 4 aromatic heterocycles. The highest BCUT2D eigenvalue weighted by Crippen LogP contribution is 2.34. The third-order valence-electron chi connectivity index (χ3n) is 4.97. The fourth-order valence-corrected chi connectivity index (χ4v) is 3.91. The number of rotatable bonds is 1. The van der Waals surface area contributed by atoms with E-state index in [-0.39, 0.29) is 10.8 Å². The van der Waals surface area contributed by atoms with Gasteiger partial charge in [0.1, 0.15) is 17.5 Å². The Kier molecular flexibility index (Phi) is 3.24. The van der Waals surface area contributed by atoms with Crippen LogP contribution in [0.15, 0.2) is 70.4 Å². The van der Waals surface area contributed by atoms with Crippen LogP contribution in [-0.4, -0.2) is 24.5 Å². The van der Waals surface area contributed by atoms with E-state index in [9.17, 15) is 4.79 Å². The van der Waals surface area contributed by atoms with E-state index in [2.05, 4.69) is 19.9 Å². The number of fused-ring (bicyclic) bond motifs is 6. The lowest BCUT2D eigenvalue weighted by atomic mass is 10.1. The molecule has 0 spiro atoms. The van der Waals surface area contributed by atoms with E-state index in [0.29, 0.717) is 33.2 Å². The molecule has 138 valence electrons. The Hall–Kier alpha value is -3.84. The Bertz CT molecular complexity index is 1650. The number of hydrogen-bond donors (Lipinski definition) is 0. The van der Waals surface area contributed by atoms with E-state index < -0.39 is 0 Å². The largest absolute Gasteiger partial charge is 0.456 e. The highest BCUT2D eigenvalue weighted by molar-refractivity contribution is 6.28. The molecule has 2 aromatic carbocycles. The normalized spacial score (nSPS) is 11.8. The van der Waals surface area contributed by atoms with Crippen LogP contribution in [0.4, 0.5) is 0 Å². The van der Waals surface area contributed by atoms with Crippen LogP contribution in [0.3, 0.4) is 0 Å². The van der Waals surface area contributed by atoms with Crippen LogP contribution < -0.4 is 5.56 Å². The van der Waals surface area contributed by atoms with Crippen molar-refractivity contribution in [3.63, 3.8) is 0 Å². The number of halogens is 1. The fourth-order valence-electron chi connectivity index (χ4n) is 3.77. The molecule has 0 amide bonds. The summed E-state index contributed by atoms with van der Waals surface area (Å²) >= 11 is 5.97. The minimum Gasteiger partial charge on any atom is -0.456 e. The lowest BCUT2D eigenvalue weighted by molar-refractivity contribution is 0.669. The Morgan fingerprint density at radius 3 is 2.69 bits per heavy atom. The maximum Gasteiger partial charge on any atom is 0.267 e. The molecule has 0 fully saturated rings. The predicted octanol–water partition coefficient (Wildman–Crippen LogP) is 4.28. The van der Waals surface area contributed by atoms with Gasteiger partial charge in [-0.05, 0) is 29.8 Å². The lowest BCUT2D eigenvalue weighted by Crippen LogP contribution is -2.21. The van der Waals surface area contributed by atoms with Crippen molar-refractivity contribution in [2.75, 3.05) is 0 Å². The van der Waals surface area contributed by atoms with Crippen molar-refractivity contribution in [3.8, 4) is 5.69 Å². The van der Waals surface area contributed by atoms with Gasteiger partial charge >= 0.3 is 0 Å². The SMILES string of the molecule is O=c1c2cnc(Cl)nc2c2cncnc2n1-c1cccc2oc3ccccc3c12. The maximum absolute atomic E-state index is 13.5. The first-order valence-corrected chi connectivity index (χ1v) is 9.18. The van der Waals surface area contributed by atoms with Gasteiger partial charge in [-0.15, -0.1) is 0 Å². The van der Waals surface area contributed by atoms with Crippen LogP contribution in [0.5, 0.6) is 0 Å². The smallest absolute Gasteiger partial charge is 0.267 e. The average Bonchev–Trinajstić information content (AvgIpc) is 3.13. The van der Waals surface area contributed by atoms with Gasteiger partial charge in [-0.1, -0.05) is 24.3 Å². The molecule has 6 aromatic rings. The first-order valence-electron chi connectivity index (χ1n) is 8.80. The van der Waals surface area contributed by atoms with Crippen LogP contribution in [-0.2, 0) is 0 Å². The summed E-state index contributed by atoms with van der Waals surface area (Å²) in [5, 5.41) is 2.75. The summed E-state index contributed by atoms with van der Waals surface area (Å²) in [4.78, 5) is 30.2. The van der Waals surface area contributed by atoms with Crippen molar-refractivity contribution >= 4 is 55.5 Å². The van der Waals surface area contributed by atoms with Gasteiger partial charge in [0.25, 0.3) is 5.56 Å². The minimum absolute atomic E-state index is 0.0581. The number of nitrogens with zero attached hydrogens (tertiary/aromatic N) is 5. The van der Waals surface area contributed by atoms with Crippen LogP contribution in [0, 0.1) is 0 Å². The average molecular weight is 400 g/mol. The molecule has 8 heteroatoms. The van der Waals surface area contributed by atoms with Crippen LogP contribution in [0.1, 0.15) is 0 Å². The molecule has 0 aliphatic heterocycles. The summed E-state index contributed by atoms with van der Waals surface area (Å²) in [5.41, 5.74) is 2.66.